The Morgan fingerprint density at radius 3 is 2.77 bits per heavy atom. The van der Waals surface area contributed by atoms with Crippen LogP contribution in [0.2, 0.25) is 0 Å². The van der Waals surface area contributed by atoms with Crippen LogP contribution in [0.4, 0.5) is 4.79 Å². The molecule has 0 aromatic heterocycles. The predicted octanol–water partition coefficient (Wildman–Crippen LogP) is 1.99. The lowest BCUT2D eigenvalue weighted by Gasteiger charge is -2.38. The number of hydrogen-bond acceptors (Lipinski definition) is 3. The van der Waals surface area contributed by atoms with E-state index in [1.807, 2.05) is 30.3 Å². The van der Waals surface area contributed by atoms with Gasteiger partial charge in [-0.05, 0) is 29.8 Å². The number of rotatable bonds is 4. The fraction of sp³-hybridized carbons (Fsp3) is 0.353. The van der Waals surface area contributed by atoms with Gasteiger partial charge in [0.05, 0.1) is 19.2 Å². The molecule has 1 saturated heterocycles. The van der Waals surface area contributed by atoms with E-state index in [9.17, 15) is 4.79 Å². The molecule has 0 saturated carbocycles. The van der Waals surface area contributed by atoms with E-state index >= 15 is 0 Å². The molecule has 22 heavy (non-hydrogen) atoms. The summed E-state index contributed by atoms with van der Waals surface area (Å²) in [6.07, 6.45) is -0.506. The van der Waals surface area contributed by atoms with Crippen LogP contribution in [-0.4, -0.2) is 47.9 Å². The van der Waals surface area contributed by atoms with Gasteiger partial charge in [0, 0.05) is 6.54 Å². The number of aliphatic hydroxyl groups excluding tert-OH is 1. The van der Waals surface area contributed by atoms with E-state index in [2.05, 4.69) is 17.4 Å². The van der Waals surface area contributed by atoms with Crippen molar-refractivity contribution in [1.82, 2.24) is 10.2 Å². The third-order valence-corrected chi connectivity index (χ3v) is 3.71. The maximum atomic E-state index is 11.8. The number of fused-ring (bicyclic) bond motifs is 1. The van der Waals surface area contributed by atoms with Crippen molar-refractivity contribution in [1.29, 1.82) is 0 Å². The van der Waals surface area contributed by atoms with Crippen LogP contribution in [0.1, 0.15) is 6.92 Å². The smallest absolute Gasteiger partial charge is 0.317 e. The number of carbonyl (C=O) groups is 1. The van der Waals surface area contributed by atoms with E-state index in [0.29, 0.717) is 13.1 Å². The van der Waals surface area contributed by atoms with Gasteiger partial charge in [-0.3, -0.25) is 0 Å². The van der Waals surface area contributed by atoms with Crippen LogP contribution in [-0.2, 0) is 0 Å². The van der Waals surface area contributed by atoms with E-state index in [1.54, 1.807) is 11.8 Å². The maximum Gasteiger partial charge on any atom is 0.317 e. The first-order valence-electron chi connectivity index (χ1n) is 7.48. The molecule has 1 aliphatic rings. The summed E-state index contributed by atoms with van der Waals surface area (Å²) in [5, 5.41) is 14.2. The Labute approximate surface area is 129 Å². The number of urea groups is 1. The van der Waals surface area contributed by atoms with E-state index in [4.69, 9.17) is 9.84 Å². The normalized spacial score (nSPS) is 16.2. The largest absolute Gasteiger partial charge is 0.487 e. The molecule has 1 aliphatic heterocycles. The number of aliphatic hydroxyl groups is 1. The molecule has 0 aliphatic carbocycles. The fourth-order valence-electron chi connectivity index (χ4n) is 2.46. The summed E-state index contributed by atoms with van der Waals surface area (Å²) in [4.78, 5) is 13.4. The Balaban J connectivity index is 1.51. The maximum absolute atomic E-state index is 11.8. The van der Waals surface area contributed by atoms with E-state index in [-0.39, 0.29) is 18.7 Å². The van der Waals surface area contributed by atoms with Gasteiger partial charge in [-0.1, -0.05) is 30.3 Å². The topological polar surface area (TPSA) is 61.8 Å². The number of benzene rings is 2. The Hall–Kier alpha value is -2.27. The zero-order valence-electron chi connectivity index (χ0n) is 12.5. The molecule has 0 bridgehead atoms. The van der Waals surface area contributed by atoms with E-state index in [0.717, 1.165) is 11.1 Å². The van der Waals surface area contributed by atoms with Gasteiger partial charge in [0.2, 0.25) is 0 Å². The number of ether oxygens (including phenoxy) is 1. The molecule has 3 rings (SSSR count). The van der Waals surface area contributed by atoms with Crippen LogP contribution in [0.25, 0.3) is 10.8 Å². The van der Waals surface area contributed by atoms with Crippen LogP contribution >= 0.6 is 0 Å². The Kier molecular flexibility index (Phi) is 4.15. The van der Waals surface area contributed by atoms with Crippen molar-refractivity contribution in [2.24, 2.45) is 0 Å². The van der Waals surface area contributed by atoms with Crippen LogP contribution in [0.5, 0.6) is 5.75 Å². The highest BCUT2D eigenvalue weighted by molar-refractivity contribution is 5.83. The minimum absolute atomic E-state index is 0.0264. The molecule has 1 atom stereocenters. The second-order valence-electron chi connectivity index (χ2n) is 5.69. The monoisotopic (exact) mass is 300 g/mol. The first kappa shape index (κ1) is 14.7. The number of nitrogens with one attached hydrogen (secondary N) is 1. The summed E-state index contributed by atoms with van der Waals surface area (Å²) in [7, 11) is 0. The molecule has 1 heterocycles. The van der Waals surface area contributed by atoms with Gasteiger partial charge in [-0.15, -0.1) is 0 Å². The molecule has 2 aromatic carbocycles. The lowest BCUT2D eigenvalue weighted by atomic mass is 10.1. The third-order valence-electron chi connectivity index (χ3n) is 3.71. The molecule has 2 N–H and O–H groups in total. The highest BCUT2D eigenvalue weighted by Gasteiger charge is 2.32. The zero-order chi connectivity index (χ0) is 15.5. The molecular weight excluding hydrogens is 280 g/mol. The predicted molar refractivity (Wildman–Crippen MR) is 85.0 cm³/mol. The van der Waals surface area contributed by atoms with Gasteiger partial charge < -0.3 is 20.1 Å². The van der Waals surface area contributed by atoms with Crippen molar-refractivity contribution < 1.29 is 14.6 Å². The molecule has 5 heteroatoms. The zero-order valence-corrected chi connectivity index (χ0v) is 12.5. The summed E-state index contributed by atoms with van der Waals surface area (Å²) in [6, 6.07) is 14.0. The van der Waals surface area contributed by atoms with Crippen molar-refractivity contribution in [2.45, 2.75) is 19.1 Å². The second kappa shape index (κ2) is 6.23. The molecule has 2 amide bonds. The molecule has 116 valence electrons. The molecule has 5 nitrogen and oxygen atoms in total. The van der Waals surface area contributed by atoms with Crippen molar-refractivity contribution in [3.8, 4) is 5.75 Å². The van der Waals surface area contributed by atoms with Gasteiger partial charge in [-0.2, -0.15) is 0 Å². The Morgan fingerprint density at radius 2 is 2.05 bits per heavy atom. The highest BCUT2D eigenvalue weighted by Crippen LogP contribution is 2.23. The standard InChI is InChI=1S/C17H20N2O3/c1-12(20)9-18-17(21)19-10-16(11-19)22-15-7-6-13-4-2-3-5-14(13)8-15/h2-8,12,16,20H,9-11H2,1H3,(H,18,21)/t12-/m1/s1. The van der Waals surface area contributed by atoms with Gasteiger partial charge in [0.15, 0.2) is 0 Å². The number of hydrogen-bond donors (Lipinski definition) is 2. The minimum atomic E-state index is -0.533. The molecule has 0 unspecified atom stereocenters. The molecular formula is C17H20N2O3. The van der Waals surface area contributed by atoms with Gasteiger partial charge in [0.1, 0.15) is 11.9 Å². The summed E-state index contributed by atoms with van der Waals surface area (Å²) < 4.78 is 5.89. The average molecular weight is 300 g/mol. The summed E-state index contributed by atoms with van der Waals surface area (Å²) in [5.74, 6) is 0.827. The van der Waals surface area contributed by atoms with Crippen LogP contribution in [0.3, 0.4) is 0 Å². The van der Waals surface area contributed by atoms with E-state index in [1.165, 1.54) is 5.39 Å². The number of amides is 2. The third kappa shape index (κ3) is 3.31. The first-order chi connectivity index (χ1) is 10.6. The lowest BCUT2D eigenvalue weighted by Crippen LogP contribution is -2.59. The van der Waals surface area contributed by atoms with E-state index < -0.39 is 6.10 Å². The van der Waals surface area contributed by atoms with Gasteiger partial charge >= 0.3 is 6.03 Å². The Morgan fingerprint density at radius 1 is 1.32 bits per heavy atom. The summed E-state index contributed by atoms with van der Waals surface area (Å²) in [6.45, 7) is 3.05. The SMILES string of the molecule is C[C@@H](O)CNC(=O)N1CC(Oc2ccc3ccccc3c2)C1. The molecule has 0 radical (unpaired) electrons. The Bertz CT molecular complexity index is 666. The van der Waals surface area contributed by atoms with Crippen molar-refractivity contribution >= 4 is 16.8 Å². The quantitative estimate of drug-likeness (QED) is 0.908. The van der Waals surface area contributed by atoms with Crippen molar-refractivity contribution in [3.05, 3.63) is 42.5 Å². The molecule has 1 fully saturated rings. The fourth-order valence-corrected chi connectivity index (χ4v) is 2.46. The highest BCUT2D eigenvalue weighted by atomic mass is 16.5. The van der Waals surface area contributed by atoms with Gasteiger partial charge in [-0.25, -0.2) is 4.79 Å². The summed E-state index contributed by atoms with van der Waals surface area (Å²) >= 11 is 0. The van der Waals surface area contributed by atoms with Gasteiger partial charge in [0.25, 0.3) is 0 Å². The average Bonchev–Trinajstić information content (AvgIpc) is 2.48. The molecule has 2 aromatic rings. The van der Waals surface area contributed by atoms with Crippen LogP contribution in [0.15, 0.2) is 42.5 Å². The number of nitrogens with zero attached hydrogens (tertiary/aromatic N) is 1. The number of likely N-dealkylation sites (tertiary alicyclic amines) is 1. The minimum Gasteiger partial charge on any atom is -0.487 e. The summed E-state index contributed by atoms with van der Waals surface area (Å²) in [5.41, 5.74) is 0. The first-order valence-corrected chi connectivity index (χ1v) is 7.48. The van der Waals surface area contributed by atoms with Crippen LogP contribution < -0.4 is 10.1 Å². The second-order valence-corrected chi connectivity index (χ2v) is 5.69. The number of carbonyl (C=O) groups excluding carboxylic acids is 1. The van der Waals surface area contributed by atoms with Crippen molar-refractivity contribution in [3.63, 3.8) is 0 Å². The van der Waals surface area contributed by atoms with Crippen LogP contribution in [0, 0.1) is 0 Å². The van der Waals surface area contributed by atoms with Crippen molar-refractivity contribution in [2.75, 3.05) is 19.6 Å². The molecule has 0 spiro atoms. The lowest BCUT2D eigenvalue weighted by molar-refractivity contribution is 0.0434.